The van der Waals surface area contributed by atoms with E-state index >= 15 is 0 Å². The molecule has 0 aromatic heterocycles. The van der Waals surface area contributed by atoms with Crippen LogP contribution in [-0.4, -0.2) is 35.8 Å². The van der Waals surface area contributed by atoms with Gasteiger partial charge in [0, 0.05) is 11.6 Å². The molecule has 8 heteroatoms. The first-order chi connectivity index (χ1) is 14.7. The zero-order valence-electron chi connectivity index (χ0n) is 18.2. The molecule has 0 bridgehead atoms. The highest BCUT2D eigenvalue weighted by molar-refractivity contribution is 7.79. The third kappa shape index (κ3) is 7.72. The minimum Gasteiger partial charge on any atom is -0.507 e. The van der Waals surface area contributed by atoms with E-state index in [1.54, 1.807) is 6.26 Å². The summed E-state index contributed by atoms with van der Waals surface area (Å²) in [6.45, 7) is 6.15. The van der Waals surface area contributed by atoms with Crippen molar-refractivity contribution in [2.75, 3.05) is 19.5 Å². The van der Waals surface area contributed by atoms with Crippen molar-refractivity contribution in [3.63, 3.8) is 0 Å². The van der Waals surface area contributed by atoms with Gasteiger partial charge in [0.1, 0.15) is 24.7 Å². The van der Waals surface area contributed by atoms with Crippen LogP contribution in [0.3, 0.4) is 0 Å². The van der Waals surface area contributed by atoms with Crippen LogP contribution in [0.5, 0.6) is 11.5 Å². The van der Waals surface area contributed by atoms with Gasteiger partial charge >= 0.3 is 0 Å². The molecule has 0 amide bonds. The van der Waals surface area contributed by atoms with Crippen molar-refractivity contribution in [2.24, 2.45) is 5.73 Å². The molecule has 2 aromatic rings. The second kappa shape index (κ2) is 13.0. The predicted molar refractivity (Wildman–Crippen MR) is 132 cm³/mol. The Balaban J connectivity index is 0.00000233. The van der Waals surface area contributed by atoms with E-state index in [9.17, 15) is 10.2 Å². The summed E-state index contributed by atoms with van der Waals surface area (Å²) in [4.78, 5) is 0. The molecule has 0 unspecified atom stereocenters. The van der Waals surface area contributed by atoms with Crippen LogP contribution in [0.4, 0.5) is 0 Å². The van der Waals surface area contributed by atoms with Gasteiger partial charge in [-0.15, -0.1) is 0 Å². The van der Waals surface area contributed by atoms with E-state index in [0.717, 1.165) is 17.3 Å². The molecular formula is C23H31Cl2NO4S. The highest BCUT2D eigenvalue weighted by atomic mass is 35.5. The van der Waals surface area contributed by atoms with Gasteiger partial charge in [0.15, 0.2) is 5.75 Å². The number of aliphatic hydroxyl groups is 2. The van der Waals surface area contributed by atoms with Gasteiger partial charge in [-0.25, -0.2) is 0 Å². The van der Waals surface area contributed by atoms with Crippen molar-refractivity contribution >= 4 is 35.8 Å². The molecule has 0 spiro atoms. The maximum atomic E-state index is 9.69. The molecule has 0 fully saturated rings. The number of benzene rings is 2. The van der Waals surface area contributed by atoms with Crippen molar-refractivity contribution in [1.82, 2.24) is 0 Å². The fourth-order valence-corrected chi connectivity index (χ4v) is 3.29. The van der Waals surface area contributed by atoms with Crippen LogP contribution >= 0.6 is 35.8 Å². The van der Waals surface area contributed by atoms with Crippen molar-refractivity contribution in [3.8, 4) is 11.5 Å². The molecule has 0 aliphatic heterocycles. The first-order valence-electron chi connectivity index (χ1n) is 9.77. The molecule has 0 aliphatic rings. The lowest BCUT2D eigenvalue weighted by Gasteiger charge is -2.27. The number of hydrogen-bond donors (Lipinski definition) is 4. The van der Waals surface area contributed by atoms with E-state index in [4.69, 9.17) is 38.4 Å². The average Bonchev–Trinajstić information content (AvgIpc) is 2.78. The number of halogens is 2. The lowest BCUT2D eigenvalue weighted by molar-refractivity contribution is 0.104. The molecule has 0 saturated carbocycles. The zero-order valence-corrected chi connectivity index (χ0v) is 20.6. The molecule has 1 atom stereocenters. The zero-order chi connectivity index (χ0) is 23.6. The second-order valence-electron chi connectivity index (χ2n) is 7.24. The predicted octanol–water partition coefficient (Wildman–Crippen LogP) is 5.75. The van der Waals surface area contributed by atoms with E-state index in [2.05, 4.69) is 26.5 Å². The number of rotatable bonds is 9. The first kappa shape index (κ1) is 27.3. The van der Waals surface area contributed by atoms with Crippen LogP contribution in [0.1, 0.15) is 38.3 Å². The summed E-state index contributed by atoms with van der Waals surface area (Å²) < 4.78 is 11.1. The number of aliphatic hydroxyl groups excluding tert-OH is 2. The van der Waals surface area contributed by atoms with Crippen LogP contribution in [0.2, 0.25) is 10.0 Å². The van der Waals surface area contributed by atoms with E-state index in [0.29, 0.717) is 28.0 Å². The van der Waals surface area contributed by atoms with E-state index in [1.807, 2.05) is 43.3 Å². The molecule has 2 aromatic carbocycles. The Morgan fingerprint density at radius 2 is 1.65 bits per heavy atom. The summed E-state index contributed by atoms with van der Waals surface area (Å²) in [6.07, 6.45) is 2.81. The molecule has 0 aliphatic carbocycles. The molecule has 5 nitrogen and oxygen atoms in total. The van der Waals surface area contributed by atoms with Crippen molar-refractivity contribution in [2.45, 2.75) is 38.7 Å². The van der Waals surface area contributed by atoms with E-state index in [1.165, 1.54) is 0 Å². The third-order valence-corrected chi connectivity index (χ3v) is 5.33. The summed E-state index contributed by atoms with van der Waals surface area (Å²) >= 11 is 16.4. The van der Waals surface area contributed by atoms with Gasteiger partial charge in [0.2, 0.25) is 0 Å². The molecule has 0 radical (unpaired) electrons. The molecule has 0 saturated heterocycles. The van der Waals surface area contributed by atoms with Gasteiger partial charge in [0.05, 0.1) is 16.1 Å². The Bertz CT molecular complexity index is 834. The number of thiol groups is 1. The Hall–Kier alpha value is -1.73. The van der Waals surface area contributed by atoms with Crippen LogP contribution < -0.4 is 15.2 Å². The monoisotopic (exact) mass is 487 g/mol. The maximum Gasteiger partial charge on any atom is 0.156 e. The van der Waals surface area contributed by atoms with Gasteiger partial charge in [-0.3, -0.25) is 0 Å². The molecular weight excluding hydrogens is 457 g/mol. The van der Waals surface area contributed by atoms with E-state index in [-0.39, 0.29) is 24.4 Å². The summed E-state index contributed by atoms with van der Waals surface area (Å²) in [5.41, 5.74) is 6.80. The summed E-state index contributed by atoms with van der Waals surface area (Å²) in [7, 11) is 0. The fraction of sp³-hybridized carbons (Fsp3) is 0.391. The lowest BCUT2D eigenvalue weighted by Crippen LogP contribution is -2.20. The lowest BCUT2D eigenvalue weighted by atomic mass is 9.78. The van der Waals surface area contributed by atoms with Crippen LogP contribution in [0, 0.1) is 0 Å². The molecule has 31 heavy (non-hydrogen) atoms. The SMILES string of the molecule is CC[C@@H](O)COc1c(Cl)cc(C(C)(C)c2ccc(OC/C(O)=C/N)cc2)cc1Cl.CS. The minimum absolute atomic E-state index is 0.0125. The van der Waals surface area contributed by atoms with Crippen molar-refractivity contribution in [3.05, 3.63) is 69.5 Å². The van der Waals surface area contributed by atoms with Gasteiger partial charge < -0.3 is 25.4 Å². The summed E-state index contributed by atoms with van der Waals surface area (Å²) in [6, 6.07) is 11.2. The third-order valence-electron chi connectivity index (χ3n) is 4.77. The molecule has 4 N–H and O–H groups in total. The number of ether oxygens (including phenoxy) is 2. The highest BCUT2D eigenvalue weighted by Gasteiger charge is 2.26. The molecule has 0 heterocycles. The van der Waals surface area contributed by atoms with Crippen molar-refractivity contribution in [1.29, 1.82) is 0 Å². The van der Waals surface area contributed by atoms with Gasteiger partial charge in [0.25, 0.3) is 0 Å². The van der Waals surface area contributed by atoms with Gasteiger partial charge in [-0.2, -0.15) is 12.6 Å². The Morgan fingerprint density at radius 1 is 1.10 bits per heavy atom. The van der Waals surface area contributed by atoms with Gasteiger partial charge in [-0.05, 0) is 48.1 Å². The number of hydrogen-bond acceptors (Lipinski definition) is 6. The average molecular weight is 488 g/mol. The highest BCUT2D eigenvalue weighted by Crippen LogP contribution is 2.40. The van der Waals surface area contributed by atoms with Gasteiger partial charge in [-0.1, -0.05) is 56.1 Å². The second-order valence-corrected chi connectivity index (χ2v) is 8.05. The van der Waals surface area contributed by atoms with Crippen LogP contribution in [0.25, 0.3) is 0 Å². The summed E-state index contributed by atoms with van der Waals surface area (Å²) in [5.74, 6) is 0.955. The quantitative estimate of drug-likeness (QED) is 0.267. The topological polar surface area (TPSA) is 84.9 Å². The Labute approximate surface area is 200 Å². The van der Waals surface area contributed by atoms with Crippen LogP contribution in [-0.2, 0) is 5.41 Å². The largest absolute Gasteiger partial charge is 0.507 e. The first-order valence-corrected chi connectivity index (χ1v) is 11.4. The Morgan fingerprint density at radius 3 is 2.13 bits per heavy atom. The smallest absolute Gasteiger partial charge is 0.156 e. The maximum absolute atomic E-state index is 9.69. The summed E-state index contributed by atoms with van der Waals surface area (Å²) in [5, 5.41) is 19.9. The fourth-order valence-electron chi connectivity index (χ4n) is 2.70. The molecule has 172 valence electrons. The minimum atomic E-state index is -0.568. The molecule has 2 rings (SSSR count). The van der Waals surface area contributed by atoms with Crippen LogP contribution in [0.15, 0.2) is 48.4 Å². The number of nitrogens with two attached hydrogens (primary N) is 1. The van der Waals surface area contributed by atoms with Crippen molar-refractivity contribution < 1.29 is 19.7 Å². The standard InChI is InChI=1S/C22H27Cl2NO4.CH4S/c1-4-16(26)12-29-21-19(23)9-15(10-20(21)24)22(2,3)14-5-7-18(8-6-14)28-13-17(27)11-25;1-2/h5-11,16,26-27H,4,12-13,25H2,1-3H3;2H,1H3/b17-11-;/t16-;/m1./s1. The van der Waals surface area contributed by atoms with E-state index < -0.39 is 6.10 Å². The Kier molecular flexibility index (Phi) is 11.4. The normalized spacial score (nSPS) is 12.6.